The number of aryl methyl sites for hydroxylation is 2. The molecule has 0 spiro atoms. The molecule has 0 amide bonds. The van der Waals surface area contributed by atoms with Crippen molar-refractivity contribution >= 4 is 16.9 Å². The lowest BCUT2D eigenvalue weighted by Crippen LogP contribution is -2.11. The maximum atomic E-state index is 12.8. The number of hydrogen-bond donors (Lipinski definition) is 0. The number of benzene rings is 2. The summed E-state index contributed by atoms with van der Waals surface area (Å²) in [6.45, 7) is 5.56. The highest BCUT2D eigenvalue weighted by Gasteiger charge is 2.21. The lowest BCUT2D eigenvalue weighted by Gasteiger charge is -2.11. The number of para-hydroxylation sites is 1. The molecule has 28 heavy (non-hydrogen) atoms. The summed E-state index contributed by atoms with van der Waals surface area (Å²) < 4.78 is 11.3. The first-order valence-electron chi connectivity index (χ1n) is 8.99. The molecule has 6 nitrogen and oxygen atoms in total. The molecule has 140 valence electrons. The van der Waals surface area contributed by atoms with E-state index in [4.69, 9.17) is 9.15 Å². The fraction of sp³-hybridized carbons (Fsp3) is 0.182. The molecule has 1 atom stereocenters. The lowest BCUT2D eigenvalue weighted by molar-refractivity contribution is 0.0282. The molecule has 4 rings (SSSR count). The molecule has 2 heterocycles. The van der Waals surface area contributed by atoms with Crippen molar-refractivity contribution < 1.29 is 13.9 Å². The number of carbonyl (C=O) groups is 1. The molecule has 0 fully saturated rings. The van der Waals surface area contributed by atoms with Crippen LogP contribution in [0.1, 0.15) is 40.5 Å². The van der Waals surface area contributed by atoms with Crippen molar-refractivity contribution in [3.8, 4) is 11.5 Å². The number of rotatable bonds is 4. The highest BCUT2D eigenvalue weighted by atomic mass is 16.6. The van der Waals surface area contributed by atoms with Gasteiger partial charge in [0.15, 0.2) is 6.10 Å². The molecule has 6 heteroatoms. The SMILES string of the molecule is Cc1ccc(-c2nnc([C@@H](C)OC(=O)c3cc(C)nc4ccccc34)o2)cc1. The van der Waals surface area contributed by atoms with Crippen LogP contribution in [0.2, 0.25) is 0 Å². The number of pyridine rings is 1. The Balaban J connectivity index is 1.57. The second-order valence-electron chi connectivity index (χ2n) is 6.69. The van der Waals surface area contributed by atoms with Crippen LogP contribution in [0.5, 0.6) is 0 Å². The van der Waals surface area contributed by atoms with Crippen molar-refractivity contribution in [3.63, 3.8) is 0 Å². The van der Waals surface area contributed by atoms with E-state index < -0.39 is 12.1 Å². The number of ether oxygens (including phenoxy) is 1. The molecular weight excluding hydrogens is 354 g/mol. The van der Waals surface area contributed by atoms with Gasteiger partial charge < -0.3 is 9.15 Å². The zero-order chi connectivity index (χ0) is 19.7. The molecule has 2 aromatic carbocycles. The second-order valence-corrected chi connectivity index (χ2v) is 6.69. The third-order valence-electron chi connectivity index (χ3n) is 4.43. The van der Waals surface area contributed by atoms with Gasteiger partial charge >= 0.3 is 5.97 Å². The largest absolute Gasteiger partial charge is 0.449 e. The van der Waals surface area contributed by atoms with Gasteiger partial charge in [-0.2, -0.15) is 0 Å². The van der Waals surface area contributed by atoms with Crippen LogP contribution in [0.15, 0.2) is 59.0 Å². The van der Waals surface area contributed by atoms with E-state index >= 15 is 0 Å². The summed E-state index contributed by atoms with van der Waals surface area (Å²) in [7, 11) is 0. The molecule has 0 aliphatic carbocycles. The van der Waals surface area contributed by atoms with Gasteiger partial charge in [0.1, 0.15) is 0 Å². The van der Waals surface area contributed by atoms with E-state index in [0.29, 0.717) is 11.5 Å². The number of aromatic nitrogens is 3. The van der Waals surface area contributed by atoms with Crippen LogP contribution in [-0.4, -0.2) is 21.2 Å². The van der Waals surface area contributed by atoms with Gasteiger partial charge in [0.05, 0.1) is 11.1 Å². The Hall–Kier alpha value is -3.54. The predicted octanol–water partition coefficient (Wildman–Crippen LogP) is 4.82. The van der Waals surface area contributed by atoms with E-state index in [9.17, 15) is 4.79 Å². The monoisotopic (exact) mass is 373 g/mol. The Morgan fingerprint density at radius 3 is 2.57 bits per heavy atom. The molecular formula is C22H19N3O3. The van der Waals surface area contributed by atoms with E-state index in [1.165, 1.54) is 0 Å². The van der Waals surface area contributed by atoms with Crippen LogP contribution in [0.25, 0.3) is 22.4 Å². The highest BCUT2D eigenvalue weighted by Crippen LogP contribution is 2.25. The summed E-state index contributed by atoms with van der Waals surface area (Å²) in [6, 6.07) is 17.0. The molecule has 0 saturated carbocycles. The molecule has 0 aliphatic heterocycles. The predicted molar refractivity (Wildman–Crippen MR) is 105 cm³/mol. The fourth-order valence-corrected chi connectivity index (χ4v) is 2.96. The third-order valence-corrected chi connectivity index (χ3v) is 4.43. The van der Waals surface area contributed by atoms with Crippen molar-refractivity contribution in [2.24, 2.45) is 0 Å². The maximum absolute atomic E-state index is 12.8. The molecule has 0 bridgehead atoms. The molecule has 2 aromatic heterocycles. The first-order chi connectivity index (χ1) is 13.5. The quantitative estimate of drug-likeness (QED) is 0.477. The maximum Gasteiger partial charge on any atom is 0.339 e. The average Bonchev–Trinajstić information content (AvgIpc) is 3.18. The fourth-order valence-electron chi connectivity index (χ4n) is 2.96. The summed E-state index contributed by atoms with van der Waals surface area (Å²) in [5, 5.41) is 8.85. The molecule has 4 aromatic rings. The van der Waals surface area contributed by atoms with Gasteiger partial charge in [-0.3, -0.25) is 4.98 Å². The van der Waals surface area contributed by atoms with Crippen molar-refractivity contribution in [1.29, 1.82) is 0 Å². The Kier molecular flexibility index (Phi) is 4.61. The first-order valence-corrected chi connectivity index (χ1v) is 8.99. The Labute approximate surface area is 162 Å². The molecule has 0 unspecified atom stereocenters. The van der Waals surface area contributed by atoms with Gasteiger partial charge in [-0.1, -0.05) is 35.9 Å². The second kappa shape index (κ2) is 7.23. The van der Waals surface area contributed by atoms with E-state index in [1.54, 1.807) is 13.0 Å². The van der Waals surface area contributed by atoms with Crippen molar-refractivity contribution in [2.75, 3.05) is 0 Å². The average molecular weight is 373 g/mol. The van der Waals surface area contributed by atoms with Gasteiger partial charge in [0, 0.05) is 16.6 Å². The van der Waals surface area contributed by atoms with Gasteiger partial charge in [-0.15, -0.1) is 10.2 Å². The van der Waals surface area contributed by atoms with E-state index in [2.05, 4.69) is 15.2 Å². The summed E-state index contributed by atoms with van der Waals surface area (Å²) in [5.41, 5.74) is 3.93. The molecule has 0 aliphatic rings. The van der Waals surface area contributed by atoms with Crippen LogP contribution in [0, 0.1) is 13.8 Å². The zero-order valence-corrected chi connectivity index (χ0v) is 15.8. The number of nitrogens with zero attached hydrogens (tertiary/aromatic N) is 3. The van der Waals surface area contributed by atoms with E-state index in [0.717, 1.165) is 27.7 Å². The van der Waals surface area contributed by atoms with Gasteiger partial charge in [0.2, 0.25) is 5.89 Å². The van der Waals surface area contributed by atoms with E-state index in [1.807, 2.05) is 62.4 Å². The summed E-state index contributed by atoms with van der Waals surface area (Å²) in [6.07, 6.45) is -0.675. The first kappa shape index (κ1) is 17.9. The highest BCUT2D eigenvalue weighted by molar-refractivity contribution is 6.03. The lowest BCUT2D eigenvalue weighted by atomic mass is 10.1. The van der Waals surface area contributed by atoms with Gasteiger partial charge in [0.25, 0.3) is 5.89 Å². The van der Waals surface area contributed by atoms with Crippen molar-refractivity contribution in [2.45, 2.75) is 26.9 Å². The minimum Gasteiger partial charge on any atom is -0.449 e. The topological polar surface area (TPSA) is 78.1 Å². The van der Waals surface area contributed by atoms with Crippen LogP contribution in [-0.2, 0) is 4.74 Å². The molecule has 0 radical (unpaired) electrons. The normalized spacial score (nSPS) is 12.1. The van der Waals surface area contributed by atoms with Crippen molar-refractivity contribution in [3.05, 3.63) is 77.3 Å². The van der Waals surface area contributed by atoms with Crippen LogP contribution < -0.4 is 0 Å². The minimum atomic E-state index is -0.675. The summed E-state index contributed by atoms with van der Waals surface area (Å²) >= 11 is 0. The minimum absolute atomic E-state index is 0.249. The molecule has 0 saturated heterocycles. The smallest absolute Gasteiger partial charge is 0.339 e. The van der Waals surface area contributed by atoms with E-state index in [-0.39, 0.29) is 5.89 Å². The number of hydrogen-bond acceptors (Lipinski definition) is 6. The number of fused-ring (bicyclic) bond motifs is 1. The summed E-state index contributed by atoms with van der Waals surface area (Å²) in [5.74, 6) is 0.186. The third kappa shape index (κ3) is 3.49. The van der Waals surface area contributed by atoms with Gasteiger partial charge in [-0.05, 0) is 45.0 Å². The van der Waals surface area contributed by atoms with Gasteiger partial charge in [-0.25, -0.2) is 4.79 Å². The standard InChI is InChI=1S/C22H19N3O3/c1-13-8-10-16(11-9-13)21-25-24-20(28-21)15(3)27-22(26)18-12-14(2)23-19-7-5-4-6-17(18)19/h4-12,15H,1-3H3/t15-/m1/s1. The Morgan fingerprint density at radius 2 is 1.79 bits per heavy atom. The molecule has 0 N–H and O–H groups in total. The Bertz CT molecular complexity index is 1150. The zero-order valence-electron chi connectivity index (χ0n) is 15.8. The van der Waals surface area contributed by atoms with Crippen LogP contribution >= 0.6 is 0 Å². The number of esters is 1. The van der Waals surface area contributed by atoms with Crippen LogP contribution in [0.4, 0.5) is 0 Å². The van der Waals surface area contributed by atoms with Crippen LogP contribution in [0.3, 0.4) is 0 Å². The van der Waals surface area contributed by atoms with Crippen molar-refractivity contribution in [1.82, 2.24) is 15.2 Å². The summed E-state index contributed by atoms with van der Waals surface area (Å²) in [4.78, 5) is 17.2. The number of carbonyl (C=O) groups excluding carboxylic acids is 1. The Morgan fingerprint density at radius 1 is 1.04 bits per heavy atom.